The second-order valence-corrected chi connectivity index (χ2v) is 9.45. The molecular formula is C22H25F3N4O2S2. The highest BCUT2D eigenvalue weighted by atomic mass is 32.2. The Morgan fingerprint density at radius 2 is 1.91 bits per heavy atom. The summed E-state index contributed by atoms with van der Waals surface area (Å²) in [6.07, 6.45) is 0. The maximum absolute atomic E-state index is 14.7. The third-order valence-corrected chi connectivity index (χ3v) is 6.87. The molecule has 2 aromatic carbocycles. The first-order valence-corrected chi connectivity index (χ1v) is 12.1. The van der Waals surface area contributed by atoms with Gasteiger partial charge < -0.3 is 10.1 Å². The lowest BCUT2D eigenvalue weighted by Gasteiger charge is -2.24. The largest absolute Gasteiger partial charge is 0.496 e. The number of rotatable bonds is 10. The average Bonchev–Trinajstić information content (AvgIpc) is 3.29. The van der Waals surface area contributed by atoms with Gasteiger partial charge in [-0.25, -0.2) is 22.4 Å². The fourth-order valence-electron chi connectivity index (χ4n) is 3.04. The summed E-state index contributed by atoms with van der Waals surface area (Å²) in [6.45, 7) is 4.33. The number of halogens is 3. The van der Waals surface area contributed by atoms with E-state index in [1.165, 1.54) is 42.2 Å². The van der Waals surface area contributed by atoms with Gasteiger partial charge in [0, 0.05) is 35.6 Å². The third kappa shape index (κ3) is 5.84. The summed E-state index contributed by atoms with van der Waals surface area (Å²) in [4.78, 5) is 5.58. The predicted octanol–water partition coefficient (Wildman–Crippen LogP) is 5.16. The highest BCUT2D eigenvalue weighted by molar-refractivity contribution is 7.86. The number of anilines is 2. The van der Waals surface area contributed by atoms with Crippen LogP contribution in [-0.4, -0.2) is 34.3 Å². The van der Waals surface area contributed by atoms with E-state index in [-0.39, 0.29) is 23.2 Å². The molecule has 33 heavy (non-hydrogen) atoms. The van der Waals surface area contributed by atoms with Crippen LogP contribution in [0.25, 0.3) is 0 Å². The summed E-state index contributed by atoms with van der Waals surface area (Å²) in [7, 11) is 1.36. The minimum Gasteiger partial charge on any atom is -0.496 e. The molecule has 0 aliphatic carbocycles. The van der Waals surface area contributed by atoms with Crippen LogP contribution in [0, 0.1) is 17.5 Å². The number of hydrogen-bond acceptors (Lipinski definition) is 6. The smallest absolute Gasteiger partial charge is 0.183 e. The van der Waals surface area contributed by atoms with Gasteiger partial charge in [0.2, 0.25) is 0 Å². The molecule has 1 aromatic heterocycles. The predicted molar refractivity (Wildman–Crippen MR) is 125 cm³/mol. The number of aromatic nitrogens is 1. The van der Waals surface area contributed by atoms with Crippen molar-refractivity contribution in [2.45, 2.75) is 37.9 Å². The number of hydrogen-bond donors (Lipinski definition) is 2. The third-order valence-electron chi connectivity index (χ3n) is 5.17. The summed E-state index contributed by atoms with van der Waals surface area (Å²) in [5.74, 6) is -2.14. The van der Waals surface area contributed by atoms with Gasteiger partial charge in [-0.2, -0.15) is 0 Å². The van der Waals surface area contributed by atoms with Gasteiger partial charge in [-0.3, -0.25) is 9.62 Å². The molecule has 6 nitrogen and oxygen atoms in total. The van der Waals surface area contributed by atoms with Crippen molar-refractivity contribution in [1.82, 2.24) is 9.88 Å². The summed E-state index contributed by atoms with van der Waals surface area (Å²) >= 11 is 1.27. The van der Waals surface area contributed by atoms with Crippen molar-refractivity contribution >= 4 is 33.8 Å². The van der Waals surface area contributed by atoms with Gasteiger partial charge in [0.05, 0.1) is 23.2 Å². The lowest BCUT2D eigenvalue weighted by Crippen LogP contribution is -2.27. The Labute approximate surface area is 197 Å². The first-order chi connectivity index (χ1) is 15.7. The topological polar surface area (TPSA) is 66.5 Å². The van der Waals surface area contributed by atoms with E-state index in [0.29, 0.717) is 29.2 Å². The summed E-state index contributed by atoms with van der Waals surface area (Å²) in [5, 5.41) is 4.35. The Bertz CT molecular complexity index is 1130. The van der Waals surface area contributed by atoms with E-state index >= 15 is 0 Å². The number of nitrogens with one attached hydrogen (secondary N) is 2. The second-order valence-electron chi connectivity index (χ2n) is 7.55. The van der Waals surface area contributed by atoms with E-state index in [4.69, 9.17) is 4.74 Å². The first-order valence-electron chi connectivity index (χ1n) is 10.1. The van der Waals surface area contributed by atoms with Gasteiger partial charge >= 0.3 is 0 Å². The Balaban J connectivity index is 1.83. The van der Waals surface area contributed by atoms with Crippen LogP contribution in [-0.2, 0) is 24.1 Å². The molecule has 1 heterocycles. The standard InChI is InChI=1S/C22H25F3N4O2S2/c1-13(2)29(3)10-15-14(16(23)5-7-18(15)31-4)9-26-17-6-8-19(22(25)21(17)24)33(30)28-20-11-32-12-27-20/h5-8,11-13,26,28H,9-10H2,1-4H3. The van der Waals surface area contributed by atoms with Gasteiger partial charge in [-0.1, -0.05) is 0 Å². The Hall–Kier alpha value is -2.63. The summed E-state index contributed by atoms with van der Waals surface area (Å²) in [5.41, 5.74) is 2.26. The molecule has 1 unspecified atom stereocenters. The van der Waals surface area contributed by atoms with Crippen LogP contribution in [0.5, 0.6) is 5.75 Å². The molecule has 3 aromatic rings. The zero-order valence-corrected chi connectivity index (χ0v) is 20.2. The highest BCUT2D eigenvalue weighted by Crippen LogP contribution is 2.29. The van der Waals surface area contributed by atoms with Gasteiger partial charge in [-0.05, 0) is 45.2 Å². The lowest BCUT2D eigenvalue weighted by atomic mass is 10.0. The molecule has 11 heteroatoms. The monoisotopic (exact) mass is 498 g/mol. The van der Waals surface area contributed by atoms with E-state index in [9.17, 15) is 17.4 Å². The lowest BCUT2D eigenvalue weighted by molar-refractivity contribution is 0.259. The van der Waals surface area contributed by atoms with Crippen LogP contribution >= 0.6 is 11.3 Å². The summed E-state index contributed by atoms with van der Waals surface area (Å²) in [6, 6.07) is 5.51. The maximum Gasteiger partial charge on any atom is 0.183 e. The van der Waals surface area contributed by atoms with E-state index in [1.54, 1.807) is 11.4 Å². The van der Waals surface area contributed by atoms with Crippen molar-refractivity contribution in [3.05, 3.63) is 63.7 Å². The van der Waals surface area contributed by atoms with E-state index in [1.807, 2.05) is 25.8 Å². The van der Waals surface area contributed by atoms with Gasteiger partial charge in [0.25, 0.3) is 0 Å². The molecule has 0 saturated heterocycles. The van der Waals surface area contributed by atoms with Crippen molar-refractivity contribution in [3.63, 3.8) is 0 Å². The summed E-state index contributed by atoms with van der Waals surface area (Å²) < 4.78 is 64.4. The Morgan fingerprint density at radius 1 is 1.15 bits per heavy atom. The van der Waals surface area contributed by atoms with Crippen molar-refractivity contribution < 1.29 is 22.1 Å². The molecule has 0 saturated carbocycles. The van der Waals surface area contributed by atoms with Crippen LogP contribution in [0.4, 0.5) is 24.7 Å². The Morgan fingerprint density at radius 3 is 2.55 bits per heavy atom. The molecular weight excluding hydrogens is 473 g/mol. The minimum absolute atomic E-state index is 0.0971. The van der Waals surface area contributed by atoms with Crippen molar-refractivity contribution in [2.24, 2.45) is 0 Å². The van der Waals surface area contributed by atoms with E-state index in [0.717, 1.165) is 0 Å². The zero-order valence-electron chi connectivity index (χ0n) is 18.6. The molecule has 2 N–H and O–H groups in total. The fraction of sp³-hybridized carbons (Fsp3) is 0.318. The van der Waals surface area contributed by atoms with Crippen LogP contribution < -0.4 is 14.8 Å². The SMILES string of the molecule is COc1ccc(F)c(CNc2ccc(S(=O)Nc3cscn3)c(F)c2F)c1CN(C)C(C)C. The fourth-order valence-corrected chi connectivity index (χ4v) is 4.45. The van der Waals surface area contributed by atoms with Crippen LogP contribution in [0.15, 0.2) is 40.1 Å². The Kier molecular flexibility index (Phi) is 8.33. The van der Waals surface area contributed by atoms with Gasteiger partial charge in [0.15, 0.2) is 22.6 Å². The number of ether oxygens (including phenoxy) is 1. The van der Waals surface area contributed by atoms with E-state index in [2.05, 4.69) is 15.0 Å². The van der Waals surface area contributed by atoms with Crippen LogP contribution in [0.3, 0.4) is 0 Å². The van der Waals surface area contributed by atoms with Crippen LogP contribution in [0.1, 0.15) is 25.0 Å². The molecule has 0 bridgehead atoms. The second kappa shape index (κ2) is 11.0. The molecule has 0 aliphatic rings. The number of benzene rings is 2. The zero-order chi connectivity index (χ0) is 24.1. The first kappa shape index (κ1) is 25.0. The average molecular weight is 499 g/mol. The molecule has 0 aliphatic heterocycles. The van der Waals surface area contributed by atoms with Gasteiger partial charge in [0.1, 0.15) is 17.4 Å². The molecule has 0 fully saturated rings. The van der Waals surface area contributed by atoms with Crippen molar-refractivity contribution in [2.75, 3.05) is 24.2 Å². The van der Waals surface area contributed by atoms with Crippen molar-refractivity contribution in [1.29, 1.82) is 0 Å². The quantitative estimate of drug-likeness (QED) is 0.404. The highest BCUT2D eigenvalue weighted by Gasteiger charge is 2.21. The van der Waals surface area contributed by atoms with Crippen molar-refractivity contribution in [3.8, 4) is 5.75 Å². The molecule has 0 spiro atoms. The number of methoxy groups -OCH3 is 1. The number of thiazole rings is 1. The normalized spacial score (nSPS) is 12.3. The maximum atomic E-state index is 14.7. The molecule has 0 radical (unpaired) electrons. The van der Waals surface area contributed by atoms with Crippen LogP contribution in [0.2, 0.25) is 0 Å². The van der Waals surface area contributed by atoms with Gasteiger partial charge in [-0.15, -0.1) is 11.3 Å². The molecule has 0 amide bonds. The minimum atomic E-state index is -2.04. The molecule has 178 valence electrons. The van der Waals surface area contributed by atoms with E-state index < -0.39 is 28.4 Å². The number of nitrogens with zero attached hydrogens (tertiary/aromatic N) is 2. The molecule has 3 rings (SSSR count). The molecule has 1 atom stereocenters.